The molecule has 0 aromatic heterocycles. The molecule has 1 amide bonds. The zero-order valence-electron chi connectivity index (χ0n) is 14.3. The molecule has 1 N–H and O–H groups in total. The van der Waals surface area contributed by atoms with Gasteiger partial charge in [0.25, 0.3) is 5.91 Å². The van der Waals surface area contributed by atoms with E-state index in [0.717, 1.165) is 19.5 Å². The second kappa shape index (κ2) is 7.21. The van der Waals surface area contributed by atoms with Gasteiger partial charge in [-0.05, 0) is 56.4 Å². The van der Waals surface area contributed by atoms with E-state index >= 15 is 0 Å². The molecule has 23 heavy (non-hydrogen) atoms. The van der Waals surface area contributed by atoms with E-state index in [0.29, 0.717) is 17.4 Å². The van der Waals surface area contributed by atoms with E-state index in [4.69, 9.17) is 5.41 Å². The van der Waals surface area contributed by atoms with Crippen LogP contribution in [0.5, 0.6) is 0 Å². The van der Waals surface area contributed by atoms with Crippen LogP contribution in [-0.2, 0) is 4.79 Å². The van der Waals surface area contributed by atoms with Crippen molar-refractivity contribution in [3.05, 3.63) is 35.6 Å². The van der Waals surface area contributed by atoms with Crippen molar-refractivity contribution in [3.63, 3.8) is 0 Å². The lowest BCUT2D eigenvalue weighted by atomic mass is 9.93. The monoisotopic (exact) mass is 319 g/mol. The number of rotatable bonds is 4. The number of nitrogens with zero attached hydrogens (tertiary/aromatic N) is 2. The summed E-state index contributed by atoms with van der Waals surface area (Å²) in [5.74, 6) is 0.349. The van der Waals surface area contributed by atoms with Crippen molar-refractivity contribution in [1.82, 2.24) is 10.0 Å². The maximum Gasteiger partial charge on any atom is 0.286 e. The molecule has 126 valence electrons. The smallest absolute Gasteiger partial charge is 0.286 e. The number of hydrazine groups is 1. The van der Waals surface area contributed by atoms with Gasteiger partial charge in [-0.1, -0.05) is 13.8 Å². The SMILES string of the molecule is CC1CC(C)CN(N(C(=O)C(=N)c2ccc(F)cc2)C(C)C)C1. The normalized spacial score (nSPS) is 22.2. The van der Waals surface area contributed by atoms with Gasteiger partial charge in [0.2, 0.25) is 0 Å². The molecule has 1 aliphatic heterocycles. The van der Waals surface area contributed by atoms with Crippen LogP contribution in [0.3, 0.4) is 0 Å². The quantitative estimate of drug-likeness (QED) is 0.865. The predicted octanol–water partition coefficient (Wildman–Crippen LogP) is 3.32. The molecule has 0 bridgehead atoms. The predicted molar refractivity (Wildman–Crippen MR) is 89.7 cm³/mol. The molecule has 0 spiro atoms. The van der Waals surface area contributed by atoms with Gasteiger partial charge in [-0.25, -0.2) is 9.40 Å². The van der Waals surface area contributed by atoms with Crippen LogP contribution in [0.4, 0.5) is 4.39 Å². The molecule has 2 unspecified atom stereocenters. The standard InChI is InChI=1S/C18H26FN3O/c1-12(2)22(21-10-13(3)9-14(4)11-21)18(23)17(20)15-5-7-16(19)8-6-15/h5-8,12-14,20H,9-11H2,1-4H3. The Morgan fingerprint density at radius 2 is 1.74 bits per heavy atom. The number of hydrogen-bond acceptors (Lipinski definition) is 3. The first-order valence-electron chi connectivity index (χ1n) is 8.22. The molecule has 0 saturated carbocycles. The van der Waals surface area contributed by atoms with E-state index in [9.17, 15) is 9.18 Å². The average molecular weight is 319 g/mol. The number of hydrogen-bond donors (Lipinski definition) is 1. The molecule has 1 aromatic rings. The zero-order valence-corrected chi connectivity index (χ0v) is 14.3. The van der Waals surface area contributed by atoms with Crippen LogP contribution in [0.15, 0.2) is 24.3 Å². The van der Waals surface area contributed by atoms with Gasteiger partial charge in [0, 0.05) is 24.7 Å². The highest BCUT2D eigenvalue weighted by molar-refractivity contribution is 6.43. The van der Waals surface area contributed by atoms with Gasteiger partial charge < -0.3 is 0 Å². The molecule has 5 heteroatoms. The highest BCUT2D eigenvalue weighted by Crippen LogP contribution is 2.24. The second-order valence-corrected chi connectivity index (χ2v) is 6.94. The van der Waals surface area contributed by atoms with E-state index < -0.39 is 0 Å². The third-order valence-corrected chi connectivity index (χ3v) is 4.20. The number of amides is 1. The summed E-state index contributed by atoms with van der Waals surface area (Å²) in [7, 11) is 0. The number of carbonyl (C=O) groups is 1. The first-order chi connectivity index (χ1) is 10.8. The van der Waals surface area contributed by atoms with Gasteiger partial charge in [-0.2, -0.15) is 0 Å². The number of halogens is 1. The first-order valence-corrected chi connectivity index (χ1v) is 8.22. The van der Waals surface area contributed by atoms with Gasteiger partial charge >= 0.3 is 0 Å². The minimum absolute atomic E-state index is 0.0270. The second-order valence-electron chi connectivity index (χ2n) is 6.94. The van der Waals surface area contributed by atoms with Crippen LogP contribution in [0.1, 0.15) is 39.7 Å². The van der Waals surface area contributed by atoms with E-state index in [1.54, 1.807) is 5.01 Å². The number of carbonyl (C=O) groups excluding carboxylic acids is 1. The lowest BCUT2D eigenvalue weighted by Crippen LogP contribution is -2.56. The molecular formula is C18H26FN3O. The third-order valence-electron chi connectivity index (χ3n) is 4.20. The third kappa shape index (κ3) is 4.16. The van der Waals surface area contributed by atoms with Crippen molar-refractivity contribution in [2.24, 2.45) is 11.8 Å². The maximum atomic E-state index is 13.0. The number of nitrogens with one attached hydrogen (secondary N) is 1. The van der Waals surface area contributed by atoms with Crippen LogP contribution in [0.2, 0.25) is 0 Å². The maximum absolute atomic E-state index is 13.0. The van der Waals surface area contributed by atoms with E-state index in [1.165, 1.54) is 24.3 Å². The first kappa shape index (κ1) is 17.6. The lowest BCUT2D eigenvalue weighted by Gasteiger charge is -2.44. The fourth-order valence-electron chi connectivity index (χ4n) is 3.35. The lowest BCUT2D eigenvalue weighted by molar-refractivity contribution is -0.151. The summed E-state index contributed by atoms with van der Waals surface area (Å²) < 4.78 is 13.0. The topological polar surface area (TPSA) is 47.4 Å². The summed E-state index contributed by atoms with van der Waals surface area (Å²) in [6.07, 6.45) is 1.16. The van der Waals surface area contributed by atoms with E-state index in [2.05, 4.69) is 18.9 Å². The van der Waals surface area contributed by atoms with E-state index in [-0.39, 0.29) is 23.5 Å². The average Bonchev–Trinajstić information content (AvgIpc) is 2.46. The molecule has 1 aliphatic rings. The minimum atomic E-state index is -0.367. The molecule has 1 saturated heterocycles. The molecule has 1 fully saturated rings. The molecule has 0 radical (unpaired) electrons. The van der Waals surface area contributed by atoms with Crippen molar-refractivity contribution in [2.45, 2.75) is 40.2 Å². The number of piperidine rings is 1. The molecular weight excluding hydrogens is 293 g/mol. The van der Waals surface area contributed by atoms with E-state index in [1.807, 2.05) is 13.8 Å². The Kier molecular flexibility index (Phi) is 5.52. The fraction of sp³-hybridized carbons (Fsp3) is 0.556. The van der Waals surface area contributed by atoms with Gasteiger partial charge in [0.1, 0.15) is 11.5 Å². The molecule has 0 aliphatic carbocycles. The largest absolute Gasteiger partial charge is 0.295 e. The van der Waals surface area contributed by atoms with Crippen molar-refractivity contribution in [2.75, 3.05) is 13.1 Å². The molecule has 1 aromatic carbocycles. The highest BCUT2D eigenvalue weighted by atomic mass is 19.1. The molecule has 2 rings (SSSR count). The van der Waals surface area contributed by atoms with Crippen molar-refractivity contribution >= 4 is 11.6 Å². The van der Waals surface area contributed by atoms with Crippen LogP contribution >= 0.6 is 0 Å². The Bertz CT molecular complexity index is 560. The Hall–Kier alpha value is -1.75. The summed E-state index contributed by atoms with van der Waals surface area (Å²) in [4.78, 5) is 12.8. The summed E-state index contributed by atoms with van der Waals surface area (Å²) >= 11 is 0. The van der Waals surface area contributed by atoms with Crippen LogP contribution in [0, 0.1) is 23.1 Å². The molecule has 2 atom stereocenters. The number of benzene rings is 1. The fourth-order valence-corrected chi connectivity index (χ4v) is 3.35. The van der Waals surface area contributed by atoms with Crippen LogP contribution in [0.25, 0.3) is 0 Å². The van der Waals surface area contributed by atoms with Gasteiger partial charge in [0.05, 0.1) is 0 Å². The van der Waals surface area contributed by atoms with Gasteiger partial charge in [0.15, 0.2) is 0 Å². The summed E-state index contributed by atoms with van der Waals surface area (Å²) in [6, 6.07) is 5.50. The van der Waals surface area contributed by atoms with Gasteiger partial charge in [-0.3, -0.25) is 15.2 Å². The van der Waals surface area contributed by atoms with Crippen molar-refractivity contribution in [1.29, 1.82) is 5.41 Å². The summed E-state index contributed by atoms with van der Waals surface area (Å²) in [5, 5.41) is 12.0. The van der Waals surface area contributed by atoms with Crippen LogP contribution in [-0.4, -0.2) is 40.8 Å². The van der Waals surface area contributed by atoms with Gasteiger partial charge in [-0.15, -0.1) is 0 Å². The highest BCUT2D eigenvalue weighted by Gasteiger charge is 2.32. The minimum Gasteiger partial charge on any atom is -0.295 e. The molecule has 1 heterocycles. The Balaban J connectivity index is 2.21. The zero-order chi connectivity index (χ0) is 17.1. The Morgan fingerprint density at radius 3 is 2.22 bits per heavy atom. The van der Waals surface area contributed by atoms with Crippen molar-refractivity contribution in [3.8, 4) is 0 Å². The Labute approximate surface area is 137 Å². The van der Waals surface area contributed by atoms with Crippen LogP contribution < -0.4 is 0 Å². The summed E-state index contributed by atoms with van der Waals surface area (Å²) in [5.41, 5.74) is 0.352. The molecule has 4 nitrogen and oxygen atoms in total. The summed E-state index contributed by atoms with van der Waals surface area (Å²) in [6.45, 7) is 9.95. The van der Waals surface area contributed by atoms with Crippen molar-refractivity contribution < 1.29 is 9.18 Å². The Morgan fingerprint density at radius 1 is 1.22 bits per heavy atom.